The van der Waals surface area contributed by atoms with E-state index in [9.17, 15) is 10.2 Å². The summed E-state index contributed by atoms with van der Waals surface area (Å²) < 4.78 is 22.5. The molecule has 2 aliphatic heterocycles. The van der Waals surface area contributed by atoms with Gasteiger partial charge in [0.2, 0.25) is 0 Å². The summed E-state index contributed by atoms with van der Waals surface area (Å²) >= 11 is 0. The van der Waals surface area contributed by atoms with Gasteiger partial charge < -0.3 is 25.2 Å². The second-order valence-electron chi connectivity index (χ2n) is 12.0. The average molecular weight is 531 g/mol. The number of rotatable bonds is 6. The number of nitrogens with one attached hydrogen (secondary N) is 1. The highest BCUT2D eigenvalue weighted by Crippen LogP contribution is 2.39. The molecule has 2 saturated heterocycles. The molecule has 0 aliphatic carbocycles. The standard InChI is InChI=1S/C31H35FN4O3/c1-31(2,3)19(16-37)17-39-30-34-28-25(29(35-30)36-14-20-8-9-21(15-36)33-20)11-10-24(27(28)32)26-13-22(38)12-18-6-4-5-7-23(18)26/h4-7,10-13,19-21,33,37-38H,8-9,14-17H2,1-3H3. The number of aliphatic hydroxyl groups is 1. The van der Waals surface area contributed by atoms with Crippen molar-refractivity contribution in [1.29, 1.82) is 0 Å². The summed E-state index contributed by atoms with van der Waals surface area (Å²) in [5.41, 5.74) is 0.956. The van der Waals surface area contributed by atoms with Crippen LogP contribution >= 0.6 is 0 Å². The molecule has 6 rings (SSSR count). The zero-order valence-electron chi connectivity index (χ0n) is 22.6. The Morgan fingerprint density at radius 3 is 2.49 bits per heavy atom. The van der Waals surface area contributed by atoms with Crippen LogP contribution in [0.4, 0.5) is 10.2 Å². The molecule has 4 aromatic rings. The van der Waals surface area contributed by atoms with E-state index in [0.717, 1.165) is 36.7 Å². The molecule has 3 aromatic carbocycles. The Kier molecular flexibility index (Phi) is 6.55. The first-order valence-corrected chi connectivity index (χ1v) is 13.7. The number of benzene rings is 3. The summed E-state index contributed by atoms with van der Waals surface area (Å²) in [6.45, 7) is 7.89. The van der Waals surface area contributed by atoms with Gasteiger partial charge in [-0.1, -0.05) is 51.1 Å². The van der Waals surface area contributed by atoms with Crippen molar-refractivity contribution in [3.8, 4) is 22.9 Å². The lowest BCUT2D eigenvalue weighted by molar-refractivity contribution is 0.0780. The van der Waals surface area contributed by atoms with Crippen LogP contribution in [0.2, 0.25) is 0 Å². The Bertz CT molecular complexity index is 1520. The fourth-order valence-corrected chi connectivity index (χ4v) is 5.88. The maximum Gasteiger partial charge on any atom is 0.319 e. The van der Waals surface area contributed by atoms with Gasteiger partial charge in [-0.25, -0.2) is 4.39 Å². The Morgan fingerprint density at radius 1 is 1.03 bits per heavy atom. The number of fused-ring (bicyclic) bond motifs is 4. The fourth-order valence-electron chi connectivity index (χ4n) is 5.88. The highest BCUT2D eigenvalue weighted by molar-refractivity contribution is 6.01. The average Bonchev–Trinajstić information content (AvgIpc) is 3.25. The van der Waals surface area contributed by atoms with E-state index in [4.69, 9.17) is 9.72 Å². The van der Waals surface area contributed by atoms with Gasteiger partial charge in [0.25, 0.3) is 0 Å². The van der Waals surface area contributed by atoms with Gasteiger partial charge >= 0.3 is 6.01 Å². The Morgan fingerprint density at radius 2 is 1.77 bits per heavy atom. The molecule has 3 N–H and O–H groups in total. The number of aliphatic hydroxyl groups excluding tert-OH is 1. The van der Waals surface area contributed by atoms with Gasteiger partial charge in [-0.05, 0) is 52.8 Å². The predicted molar refractivity (Wildman–Crippen MR) is 152 cm³/mol. The van der Waals surface area contributed by atoms with E-state index in [1.807, 2.05) is 51.1 Å². The summed E-state index contributed by atoms with van der Waals surface area (Å²) in [7, 11) is 0. The molecule has 39 heavy (non-hydrogen) atoms. The van der Waals surface area contributed by atoms with E-state index in [2.05, 4.69) is 15.2 Å². The molecular formula is C31H35FN4O3. The lowest BCUT2D eigenvalue weighted by atomic mass is 9.82. The van der Waals surface area contributed by atoms with E-state index < -0.39 is 5.82 Å². The quantitative estimate of drug-likeness (QED) is 0.313. The monoisotopic (exact) mass is 530 g/mol. The summed E-state index contributed by atoms with van der Waals surface area (Å²) in [6.07, 6.45) is 2.22. The normalized spacial score (nSPS) is 20.1. The molecule has 2 aliphatic rings. The van der Waals surface area contributed by atoms with Crippen LogP contribution in [0.3, 0.4) is 0 Å². The van der Waals surface area contributed by atoms with Crippen LogP contribution in [0.1, 0.15) is 33.6 Å². The zero-order chi connectivity index (χ0) is 27.3. The molecule has 3 unspecified atom stereocenters. The number of phenols is 1. The molecular weight excluding hydrogens is 495 g/mol. The van der Waals surface area contributed by atoms with Crippen LogP contribution in [-0.4, -0.2) is 58.6 Å². The van der Waals surface area contributed by atoms with Crippen LogP contribution in [0.5, 0.6) is 11.8 Å². The highest BCUT2D eigenvalue weighted by Gasteiger charge is 2.34. The van der Waals surface area contributed by atoms with Gasteiger partial charge in [-0.3, -0.25) is 0 Å². The van der Waals surface area contributed by atoms with Crippen molar-refractivity contribution in [2.24, 2.45) is 11.3 Å². The first kappa shape index (κ1) is 25.8. The lowest BCUT2D eigenvalue weighted by Crippen LogP contribution is -2.51. The second-order valence-corrected chi connectivity index (χ2v) is 12.0. The van der Waals surface area contributed by atoms with Crippen molar-refractivity contribution < 1.29 is 19.3 Å². The number of hydrogen-bond donors (Lipinski definition) is 3. The van der Waals surface area contributed by atoms with E-state index >= 15 is 4.39 Å². The van der Waals surface area contributed by atoms with Crippen molar-refractivity contribution in [3.05, 3.63) is 54.3 Å². The van der Waals surface area contributed by atoms with Gasteiger partial charge in [0.1, 0.15) is 17.1 Å². The molecule has 0 saturated carbocycles. The third-order valence-electron chi connectivity index (χ3n) is 8.28. The number of nitrogens with zero attached hydrogens (tertiary/aromatic N) is 3. The Labute approximate surface area is 227 Å². The van der Waals surface area contributed by atoms with Gasteiger partial charge in [0, 0.05) is 48.6 Å². The molecule has 0 amide bonds. The van der Waals surface area contributed by atoms with Crippen LogP contribution in [0.25, 0.3) is 32.8 Å². The van der Waals surface area contributed by atoms with Crippen LogP contribution in [0, 0.1) is 17.2 Å². The molecule has 7 nitrogen and oxygen atoms in total. The third-order valence-corrected chi connectivity index (χ3v) is 8.28. The van der Waals surface area contributed by atoms with Crippen molar-refractivity contribution in [3.63, 3.8) is 0 Å². The number of aromatic nitrogens is 2. The first-order valence-electron chi connectivity index (χ1n) is 13.7. The van der Waals surface area contributed by atoms with Crippen molar-refractivity contribution >= 4 is 27.5 Å². The number of piperazine rings is 1. The fraction of sp³-hybridized carbons (Fsp3) is 0.419. The second kappa shape index (κ2) is 9.92. The summed E-state index contributed by atoms with van der Waals surface area (Å²) in [4.78, 5) is 11.6. The number of aromatic hydroxyl groups is 1. The Hall–Kier alpha value is -3.49. The molecule has 8 heteroatoms. The minimum atomic E-state index is -0.482. The first-order chi connectivity index (χ1) is 18.7. The van der Waals surface area contributed by atoms with Crippen molar-refractivity contribution in [2.45, 2.75) is 45.7 Å². The third kappa shape index (κ3) is 4.87. The topological polar surface area (TPSA) is 90.7 Å². The molecule has 0 radical (unpaired) electrons. The maximum atomic E-state index is 16.5. The predicted octanol–water partition coefficient (Wildman–Crippen LogP) is 5.27. The SMILES string of the molecule is CC(C)(C)C(CO)COc1nc(N2CC3CCC(C2)N3)c2ccc(-c3cc(O)cc4ccccc34)c(F)c2n1. The zero-order valence-corrected chi connectivity index (χ0v) is 22.6. The maximum absolute atomic E-state index is 16.5. The smallest absolute Gasteiger partial charge is 0.319 e. The number of halogens is 1. The van der Waals surface area contributed by atoms with E-state index in [1.165, 1.54) is 0 Å². The number of ether oxygens (including phenoxy) is 1. The van der Waals surface area contributed by atoms with E-state index in [-0.39, 0.29) is 41.8 Å². The van der Waals surface area contributed by atoms with Crippen molar-refractivity contribution in [1.82, 2.24) is 15.3 Å². The number of phenolic OH excluding ortho intramolecular Hbond substituents is 1. The van der Waals surface area contributed by atoms with Gasteiger partial charge in [0.05, 0.1) is 6.61 Å². The number of anilines is 1. The molecule has 0 spiro atoms. The molecule has 204 valence electrons. The summed E-state index contributed by atoms with van der Waals surface area (Å²) in [6, 6.07) is 15.4. The summed E-state index contributed by atoms with van der Waals surface area (Å²) in [5, 5.41) is 26.3. The van der Waals surface area contributed by atoms with Gasteiger partial charge in [-0.2, -0.15) is 9.97 Å². The van der Waals surface area contributed by atoms with E-state index in [1.54, 1.807) is 18.2 Å². The molecule has 2 fully saturated rings. The largest absolute Gasteiger partial charge is 0.508 e. The van der Waals surface area contributed by atoms with Crippen molar-refractivity contribution in [2.75, 3.05) is 31.2 Å². The van der Waals surface area contributed by atoms with Gasteiger partial charge in [0.15, 0.2) is 5.82 Å². The minimum Gasteiger partial charge on any atom is -0.508 e. The number of hydrogen-bond acceptors (Lipinski definition) is 7. The Balaban J connectivity index is 1.49. The van der Waals surface area contributed by atoms with E-state index in [0.29, 0.717) is 34.4 Å². The highest BCUT2D eigenvalue weighted by atomic mass is 19.1. The molecule has 3 atom stereocenters. The summed E-state index contributed by atoms with van der Waals surface area (Å²) in [5.74, 6) is 0.120. The van der Waals surface area contributed by atoms with Gasteiger partial charge in [-0.15, -0.1) is 0 Å². The molecule has 3 heterocycles. The minimum absolute atomic E-state index is 0.0336. The van der Waals surface area contributed by atoms with Crippen LogP contribution in [-0.2, 0) is 0 Å². The molecule has 1 aromatic heterocycles. The molecule has 2 bridgehead atoms. The van der Waals surface area contributed by atoms with Crippen LogP contribution in [0.15, 0.2) is 48.5 Å². The lowest BCUT2D eigenvalue weighted by Gasteiger charge is -2.34. The van der Waals surface area contributed by atoms with Crippen LogP contribution < -0.4 is 15.0 Å².